The summed E-state index contributed by atoms with van der Waals surface area (Å²) in [7, 11) is 0. The van der Waals surface area contributed by atoms with E-state index in [1.165, 1.54) is 0 Å². The van der Waals surface area contributed by atoms with E-state index in [1.54, 1.807) is 35.5 Å². The molecular weight excluding hydrogens is 294 g/mol. The topological polar surface area (TPSA) is 83.4 Å². The molecule has 1 aromatic carbocycles. The molecular formula is C17H17N3O3. The number of aromatic nitrogens is 2. The van der Waals surface area contributed by atoms with Crippen molar-refractivity contribution in [1.29, 1.82) is 0 Å². The maximum absolute atomic E-state index is 12.7. The summed E-state index contributed by atoms with van der Waals surface area (Å²) in [5, 5.41) is 9.42. The highest BCUT2D eigenvalue weighted by Crippen LogP contribution is 2.44. The van der Waals surface area contributed by atoms with Crippen molar-refractivity contribution in [1.82, 2.24) is 14.9 Å². The molecule has 1 aliphatic carbocycles. The second-order valence-corrected chi connectivity index (χ2v) is 6.42. The molecule has 1 saturated carbocycles. The van der Waals surface area contributed by atoms with Crippen molar-refractivity contribution >= 4 is 22.9 Å². The lowest BCUT2D eigenvalue weighted by molar-refractivity contribution is -0.142. The smallest absolute Gasteiger partial charge is 0.308 e. The number of likely N-dealkylation sites (tertiary alicyclic amines) is 1. The van der Waals surface area contributed by atoms with Crippen LogP contribution in [0.15, 0.2) is 30.6 Å². The van der Waals surface area contributed by atoms with E-state index < -0.39 is 11.9 Å². The number of carboxylic acid groups (broad SMARTS) is 1. The van der Waals surface area contributed by atoms with Gasteiger partial charge in [0.2, 0.25) is 0 Å². The lowest BCUT2D eigenvalue weighted by atomic mass is 9.92. The van der Waals surface area contributed by atoms with Crippen LogP contribution in [-0.4, -0.2) is 44.9 Å². The monoisotopic (exact) mass is 311 g/mol. The molecule has 2 aliphatic rings. The Morgan fingerprint density at radius 1 is 1.09 bits per heavy atom. The highest BCUT2D eigenvalue weighted by atomic mass is 16.4. The SMILES string of the molecule is O=C(O)[C@H]1CN(C(=O)c2ccc3nccnc3c2)C[C@@H]1C1CC1. The van der Waals surface area contributed by atoms with Gasteiger partial charge in [-0.3, -0.25) is 19.6 Å². The van der Waals surface area contributed by atoms with E-state index in [1.807, 2.05) is 0 Å². The molecule has 6 nitrogen and oxygen atoms in total. The number of amides is 1. The molecule has 0 spiro atoms. The molecule has 2 heterocycles. The van der Waals surface area contributed by atoms with Crippen molar-refractivity contribution in [2.75, 3.05) is 13.1 Å². The molecule has 23 heavy (non-hydrogen) atoms. The van der Waals surface area contributed by atoms with Crippen LogP contribution >= 0.6 is 0 Å². The van der Waals surface area contributed by atoms with E-state index in [0.717, 1.165) is 18.4 Å². The van der Waals surface area contributed by atoms with Crippen LogP contribution in [0.1, 0.15) is 23.2 Å². The first-order chi connectivity index (χ1) is 11.1. The maximum Gasteiger partial charge on any atom is 0.308 e. The molecule has 1 aliphatic heterocycles. The number of carboxylic acids is 1. The van der Waals surface area contributed by atoms with Gasteiger partial charge in [0.25, 0.3) is 5.91 Å². The summed E-state index contributed by atoms with van der Waals surface area (Å²) in [4.78, 5) is 34.3. The van der Waals surface area contributed by atoms with Crippen LogP contribution in [-0.2, 0) is 4.79 Å². The number of hydrogen-bond acceptors (Lipinski definition) is 4. The lowest BCUT2D eigenvalue weighted by Crippen LogP contribution is -2.29. The fourth-order valence-corrected chi connectivity index (χ4v) is 3.54. The molecule has 2 aromatic rings. The Labute approximate surface area is 133 Å². The van der Waals surface area contributed by atoms with E-state index in [9.17, 15) is 14.7 Å². The highest BCUT2D eigenvalue weighted by Gasteiger charge is 2.46. The second kappa shape index (κ2) is 5.30. The van der Waals surface area contributed by atoms with Gasteiger partial charge in [-0.25, -0.2) is 0 Å². The number of hydrogen-bond donors (Lipinski definition) is 1. The number of benzene rings is 1. The summed E-state index contributed by atoms with van der Waals surface area (Å²) in [6.07, 6.45) is 5.38. The third-order valence-electron chi connectivity index (χ3n) is 4.91. The van der Waals surface area contributed by atoms with Crippen LogP contribution in [0.5, 0.6) is 0 Å². The molecule has 4 rings (SSSR count). The Kier molecular flexibility index (Phi) is 3.25. The van der Waals surface area contributed by atoms with Gasteiger partial charge in [-0.1, -0.05) is 0 Å². The highest BCUT2D eigenvalue weighted by molar-refractivity contribution is 5.97. The largest absolute Gasteiger partial charge is 0.481 e. The Morgan fingerprint density at radius 3 is 2.52 bits per heavy atom. The van der Waals surface area contributed by atoms with Crippen LogP contribution < -0.4 is 0 Å². The number of carbonyl (C=O) groups is 2. The predicted molar refractivity (Wildman–Crippen MR) is 82.8 cm³/mol. The quantitative estimate of drug-likeness (QED) is 0.934. The van der Waals surface area contributed by atoms with Gasteiger partial charge in [0.05, 0.1) is 17.0 Å². The zero-order chi connectivity index (χ0) is 16.0. The first-order valence-corrected chi connectivity index (χ1v) is 7.86. The van der Waals surface area contributed by atoms with E-state index in [0.29, 0.717) is 30.1 Å². The number of carbonyl (C=O) groups excluding carboxylic acids is 1. The number of aliphatic carboxylic acids is 1. The first kappa shape index (κ1) is 14.1. The molecule has 0 unspecified atom stereocenters. The molecule has 1 saturated heterocycles. The summed E-state index contributed by atoms with van der Waals surface area (Å²) in [6, 6.07) is 5.24. The number of rotatable bonds is 3. The molecule has 2 atom stereocenters. The summed E-state index contributed by atoms with van der Waals surface area (Å²) < 4.78 is 0. The zero-order valence-electron chi connectivity index (χ0n) is 12.6. The Bertz CT molecular complexity index is 788. The van der Waals surface area contributed by atoms with Gasteiger partial charge in [0.1, 0.15) is 0 Å². The summed E-state index contributed by atoms with van der Waals surface area (Å²) in [5.41, 5.74) is 1.95. The zero-order valence-corrected chi connectivity index (χ0v) is 12.6. The van der Waals surface area contributed by atoms with Gasteiger partial charge < -0.3 is 10.0 Å². The Morgan fingerprint density at radius 2 is 1.83 bits per heavy atom. The van der Waals surface area contributed by atoms with Crippen molar-refractivity contribution in [3.63, 3.8) is 0 Å². The molecule has 6 heteroatoms. The minimum atomic E-state index is -0.790. The van der Waals surface area contributed by atoms with Gasteiger partial charge in [0, 0.05) is 31.0 Å². The predicted octanol–water partition coefficient (Wildman–Crippen LogP) is 1.81. The Balaban J connectivity index is 1.59. The van der Waals surface area contributed by atoms with Crippen molar-refractivity contribution in [2.45, 2.75) is 12.8 Å². The van der Waals surface area contributed by atoms with Crippen LogP contribution in [0.3, 0.4) is 0 Å². The molecule has 118 valence electrons. The standard InChI is InChI=1S/C17H17N3O3/c21-16(11-3-4-14-15(7-11)19-6-5-18-14)20-8-12(10-1-2-10)13(9-20)17(22)23/h3-7,10,12-13H,1-2,8-9H2,(H,22,23)/t12-,13+/m1/s1. The third kappa shape index (κ3) is 2.54. The van der Waals surface area contributed by atoms with Crippen molar-refractivity contribution in [3.8, 4) is 0 Å². The minimum absolute atomic E-state index is 0.0942. The van der Waals surface area contributed by atoms with Gasteiger partial charge >= 0.3 is 5.97 Å². The second-order valence-electron chi connectivity index (χ2n) is 6.42. The fraction of sp³-hybridized carbons (Fsp3) is 0.412. The number of fused-ring (bicyclic) bond motifs is 1. The van der Waals surface area contributed by atoms with Gasteiger partial charge in [0.15, 0.2) is 0 Å². The van der Waals surface area contributed by atoms with E-state index in [4.69, 9.17) is 0 Å². The summed E-state index contributed by atoms with van der Waals surface area (Å²) >= 11 is 0. The molecule has 2 fully saturated rings. The van der Waals surface area contributed by atoms with Gasteiger partial charge in [-0.05, 0) is 42.9 Å². The molecule has 1 aromatic heterocycles. The van der Waals surface area contributed by atoms with Crippen molar-refractivity contribution < 1.29 is 14.7 Å². The van der Waals surface area contributed by atoms with E-state index in [-0.39, 0.29) is 11.8 Å². The van der Waals surface area contributed by atoms with Gasteiger partial charge in [-0.15, -0.1) is 0 Å². The molecule has 0 radical (unpaired) electrons. The summed E-state index contributed by atoms with van der Waals surface area (Å²) in [5.74, 6) is -0.784. The van der Waals surface area contributed by atoms with Gasteiger partial charge in [-0.2, -0.15) is 0 Å². The normalized spacial score (nSPS) is 24.1. The van der Waals surface area contributed by atoms with Crippen molar-refractivity contribution in [3.05, 3.63) is 36.2 Å². The van der Waals surface area contributed by atoms with Crippen molar-refractivity contribution in [2.24, 2.45) is 17.8 Å². The first-order valence-electron chi connectivity index (χ1n) is 7.86. The molecule has 1 N–H and O–H groups in total. The number of nitrogens with zero attached hydrogens (tertiary/aromatic N) is 3. The van der Waals surface area contributed by atoms with E-state index in [2.05, 4.69) is 9.97 Å². The minimum Gasteiger partial charge on any atom is -0.481 e. The fourth-order valence-electron chi connectivity index (χ4n) is 3.54. The average molecular weight is 311 g/mol. The third-order valence-corrected chi connectivity index (χ3v) is 4.91. The van der Waals surface area contributed by atoms with Crippen LogP contribution in [0.2, 0.25) is 0 Å². The molecule has 0 bridgehead atoms. The average Bonchev–Trinajstić information content (AvgIpc) is 3.31. The van der Waals surface area contributed by atoms with E-state index >= 15 is 0 Å². The molecule has 1 amide bonds. The van der Waals surface area contributed by atoms with Crippen LogP contribution in [0.25, 0.3) is 11.0 Å². The van der Waals surface area contributed by atoms with Crippen LogP contribution in [0, 0.1) is 17.8 Å². The maximum atomic E-state index is 12.7. The lowest BCUT2D eigenvalue weighted by Gasteiger charge is -2.16. The van der Waals surface area contributed by atoms with Crippen LogP contribution in [0.4, 0.5) is 0 Å². The Hall–Kier alpha value is -2.50. The summed E-state index contributed by atoms with van der Waals surface area (Å²) in [6.45, 7) is 0.840.